The van der Waals surface area contributed by atoms with Crippen LogP contribution in [0.25, 0.3) is 11.6 Å². The Kier molecular flexibility index (Phi) is 5.61. The number of likely N-dealkylation sites (tertiary alicyclic amines) is 1. The van der Waals surface area contributed by atoms with Gasteiger partial charge in [0.1, 0.15) is 0 Å². The Morgan fingerprint density at radius 2 is 1.74 bits per heavy atom. The van der Waals surface area contributed by atoms with Crippen molar-refractivity contribution in [1.29, 1.82) is 0 Å². The van der Waals surface area contributed by atoms with Crippen LogP contribution in [0.5, 0.6) is 0 Å². The highest BCUT2D eigenvalue weighted by Gasteiger charge is 2.25. The van der Waals surface area contributed by atoms with Gasteiger partial charge in [0.15, 0.2) is 11.6 Å². The molecule has 1 aliphatic heterocycles. The molecule has 0 aliphatic carbocycles. The number of aliphatic hydroxyl groups excluding tert-OH is 1. The van der Waals surface area contributed by atoms with E-state index in [4.69, 9.17) is 4.42 Å². The smallest absolute Gasteiger partial charge is 0.195 e. The van der Waals surface area contributed by atoms with E-state index in [-0.39, 0.29) is 6.10 Å². The summed E-state index contributed by atoms with van der Waals surface area (Å²) in [6.07, 6.45) is 7.92. The third-order valence-corrected chi connectivity index (χ3v) is 5.32. The second-order valence-corrected chi connectivity index (χ2v) is 7.26. The molecular weight excluding hydrogens is 338 g/mol. The van der Waals surface area contributed by atoms with Crippen LogP contribution in [-0.4, -0.2) is 39.2 Å². The Hall–Kier alpha value is -2.50. The molecule has 1 unspecified atom stereocenters. The fourth-order valence-corrected chi connectivity index (χ4v) is 3.75. The van der Waals surface area contributed by atoms with E-state index in [9.17, 15) is 5.11 Å². The van der Waals surface area contributed by atoms with Crippen molar-refractivity contribution >= 4 is 0 Å². The van der Waals surface area contributed by atoms with Crippen LogP contribution in [0, 0.1) is 5.92 Å². The van der Waals surface area contributed by atoms with Gasteiger partial charge in [0, 0.05) is 24.5 Å². The van der Waals surface area contributed by atoms with Gasteiger partial charge in [-0.2, -0.15) is 0 Å². The van der Waals surface area contributed by atoms with E-state index in [1.54, 1.807) is 6.26 Å². The summed E-state index contributed by atoms with van der Waals surface area (Å²) in [6, 6.07) is 14.0. The van der Waals surface area contributed by atoms with Gasteiger partial charge in [-0.1, -0.05) is 30.3 Å². The fourth-order valence-electron chi connectivity index (χ4n) is 3.75. The van der Waals surface area contributed by atoms with E-state index in [1.807, 2.05) is 42.7 Å². The number of furan rings is 1. The van der Waals surface area contributed by atoms with Crippen LogP contribution in [-0.2, 0) is 13.0 Å². The Bertz CT molecular complexity index is 811. The van der Waals surface area contributed by atoms with Gasteiger partial charge in [-0.3, -0.25) is 4.90 Å². The topological polar surface area (TPSA) is 62.4 Å². The molecule has 0 spiro atoms. The Morgan fingerprint density at radius 3 is 2.41 bits per heavy atom. The zero-order chi connectivity index (χ0) is 18.5. The molecule has 3 aromatic rings. The third kappa shape index (κ3) is 4.62. The van der Waals surface area contributed by atoms with Gasteiger partial charge in [0.05, 0.1) is 12.4 Å². The Labute approximate surface area is 159 Å². The summed E-state index contributed by atoms with van der Waals surface area (Å²) in [7, 11) is 0. The normalized spacial score (nSPS) is 17.1. The molecule has 1 atom stereocenters. The summed E-state index contributed by atoms with van der Waals surface area (Å²) in [5, 5.41) is 10.6. The van der Waals surface area contributed by atoms with E-state index in [0.717, 1.165) is 44.5 Å². The van der Waals surface area contributed by atoms with Gasteiger partial charge >= 0.3 is 0 Å². The standard InChI is InChI=1S/C22H25N3O2/c26-20(13-17-5-2-1-3-6-17)19-8-10-25(11-9-19)16-18-14-23-22(24-15-18)21-7-4-12-27-21/h1-7,12,14-15,19-20,26H,8-11,13,16H2. The Morgan fingerprint density at radius 1 is 1.00 bits per heavy atom. The fraction of sp³-hybridized carbons (Fsp3) is 0.364. The molecule has 0 saturated carbocycles. The maximum atomic E-state index is 10.6. The van der Waals surface area contributed by atoms with Crippen molar-refractivity contribution in [3.8, 4) is 11.6 Å². The van der Waals surface area contributed by atoms with Crippen LogP contribution in [0.1, 0.15) is 24.0 Å². The summed E-state index contributed by atoms with van der Waals surface area (Å²) in [5.74, 6) is 1.68. The zero-order valence-electron chi connectivity index (χ0n) is 15.4. The molecule has 0 radical (unpaired) electrons. The van der Waals surface area contributed by atoms with Gasteiger partial charge in [-0.25, -0.2) is 9.97 Å². The number of aliphatic hydroxyl groups is 1. The lowest BCUT2D eigenvalue weighted by molar-refractivity contribution is 0.0576. The average Bonchev–Trinajstić information content (AvgIpc) is 3.25. The van der Waals surface area contributed by atoms with Crippen LogP contribution >= 0.6 is 0 Å². The van der Waals surface area contributed by atoms with Crippen molar-refractivity contribution in [2.75, 3.05) is 13.1 Å². The summed E-state index contributed by atoms with van der Waals surface area (Å²) in [5.41, 5.74) is 2.31. The van der Waals surface area contributed by atoms with Crippen molar-refractivity contribution in [2.24, 2.45) is 5.92 Å². The van der Waals surface area contributed by atoms with E-state index in [1.165, 1.54) is 5.56 Å². The van der Waals surface area contributed by atoms with Crippen molar-refractivity contribution in [2.45, 2.75) is 31.9 Å². The largest absolute Gasteiger partial charge is 0.461 e. The Balaban J connectivity index is 1.27. The monoisotopic (exact) mass is 363 g/mol. The minimum absolute atomic E-state index is 0.259. The maximum absolute atomic E-state index is 10.6. The lowest BCUT2D eigenvalue weighted by Gasteiger charge is -2.34. The molecule has 0 bridgehead atoms. The van der Waals surface area contributed by atoms with Gasteiger partial charge in [0.2, 0.25) is 0 Å². The van der Waals surface area contributed by atoms with E-state index in [0.29, 0.717) is 17.5 Å². The summed E-state index contributed by atoms with van der Waals surface area (Å²) >= 11 is 0. The third-order valence-electron chi connectivity index (χ3n) is 5.32. The van der Waals surface area contributed by atoms with Crippen LogP contribution in [0.15, 0.2) is 65.5 Å². The highest BCUT2D eigenvalue weighted by Crippen LogP contribution is 2.24. The van der Waals surface area contributed by atoms with Crippen LogP contribution in [0.2, 0.25) is 0 Å². The van der Waals surface area contributed by atoms with E-state index >= 15 is 0 Å². The van der Waals surface area contributed by atoms with E-state index < -0.39 is 0 Å². The molecule has 0 amide bonds. The lowest BCUT2D eigenvalue weighted by atomic mass is 9.88. The first-order valence-electron chi connectivity index (χ1n) is 9.57. The first kappa shape index (κ1) is 17.9. The van der Waals surface area contributed by atoms with E-state index in [2.05, 4.69) is 27.0 Å². The lowest BCUT2D eigenvalue weighted by Crippen LogP contribution is -2.38. The molecule has 1 aliphatic rings. The van der Waals surface area contributed by atoms with Crippen molar-refractivity contribution in [3.63, 3.8) is 0 Å². The molecule has 3 heterocycles. The maximum Gasteiger partial charge on any atom is 0.195 e. The SMILES string of the molecule is OC(Cc1ccccc1)C1CCN(Cc2cnc(-c3ccco3)nc2)CC1. The minimum atomic E-state index is -0.259. The highest BCUT2D eigenvalue weighted by molar-refractivity contribution is 5.45. The number of rotatable bonds is 6. The first-order chi connectivity index (χ1) is 13.3. The summed E-state index contributed by atoms with van der Waals surface area (Å²) < 4.78 is 5.33. The number of benzene rings is 1. The second-order valence-electron chi connectivity index (χ2n) is 7.26. The predicted octanol–water partition coefficient (Wildman–Crippen LogP) is 3.55. The number of hydrogen-bond acceptors (Lipinski definition) is 5. The molecular formula is C22H25N3O2. The molecule has 5 nitrogen and oxygen atoms in total. The molecule has 2 aromatic heterocycles. The average molecular weight is 363 g/mol. The molecule has 1 saturated heterocycles. The van der Waals surface area contributed by atoms with Crippen LogP contribution in [0.3, 0.4) is 0 Å². The number of nitrogens with zero attached hydrogens (tertiary/aromatic N) is 3. The van der Waals surface area contributed by atoms with Crippen molar-refractivity contribution in [1.82, 2.24) is 14.9 Å². The molecule has 27 heavy (non-hydrogen) atoms. The summed E-state index contributed by atoms with van der Waals surface area (Å²) in [6.45, 7) is 2.84. The van der Waals surface area contributed by atoms with Gasteiger partial charge in [-0.05, 0) is 56.0 Å². The van der Waals surface area contributed by atoms with Gasteiger partial charge in [0.25, 0.3) is 0 Å². The molecule has 4 rings (SSSR count). The van der Waals surface area contributed by atoms with Crippen LogP contribution < -0.4 is 0 Å². The molecule has 140 valence electrons. The van der Waals surface area contributed by atoms with Crippen molar-refractivity contribution in [3.05, 3.63) is 72.2 Å². The van der Waals surface area contributed by atoms with Crippen molar-refractivity contribution < 1.29 is 9.52 Å². The van der Waals surface area contributed by atoms with Gasteiger partial charge < -0.3 is 9.52 Å². The highest BCUT2D eigenvalue weighted by atomic mass is 16.3. The molecule has 1 aromatic carbocycles. The first-order valence-corrected chi connectivity index (χ1v) is 9.57. The number of piperidine rings is 1. The predicted molar refractivity (Wildman–Crippen MR) is 104 cm³/mol. The molecule has 1 fully saturated rings. The number of hydrogen-bond donors (Lipinski definition) is 1. The number of aromatic nitrogens is 2. The molecule has 5 heteroatoms. The second kappa shape index (κ2) is 8.46. The van der Waals surface area contributed by atoms with Gasteiger partial charge in [-0.15, -0.1) is 0 Å². The van der Waals surface area contributed by atoms with Crippen LogP contribution in [0.4, 0.5) is 0 Å². The quantitative estimate of drug-likeness (QED) is 0.726. The molecule has 1 N–H and O–H groups in total. The minimum Gasteiger partial charge on any atom is -0.461 e. The zero-order valence-corrected chi connectivity index (χ0v) is 15.4. The summed E-state index contributed by atoms with van der Waals surface area (Å²) in [4.78, 5) is 11.2.